The number of hydrogen-bond donors (Lipinski definition) is 0. The Bertz CT molecular complexity index is 4580. The van der Waals surface area contributed by atoms with E-state index in [1.807, 2.05) is 18.2 Å². The zero-order chi connectivity index (χ0) is 45.9. The summed E-state index contributed by atoms with van der Waals surface area (Å²) in [5, 5.41) is 9.45. The van der Waals surface area contributed by atoms with Crippen LogP contribution >= 0.6 is 0 Å². The van der Waals surface area contributed by atoms with Crippen molar-refractivity contribution in [3.05, 3.63) is 237 Å². The number of para-hydroxylation sites is 7. The molecule has 0 aliphatic heterocycles. The maximum atomic E-state index is 5.56. The van der Waals surface area contributed by atoms with E-state index in [1.54, 1.807) is 0 Å². The van der Waals surface area contributed by atoms with Crippen molar-refractivity contribution in [2.75, 3.05) is 0 Å². The minimum Gasteiger partial charge on any atom is -0.309 e. The van der Waals surface area contributed by atoms with E-state index >= 15 is 0 Å². The molecule has 0 atom stereocenters. The standard InChI is InChI=1S/C63H39N7/c1-4-20-40(21-5-1)61-64-62(66-63(65-61)70-53-34-18-13-29-48(53)58-56(70)39-37-46-44-27-11-16-32-51(44)68(60(46)58)42-24-8-3-9-25-42)49-30-14-19-35-54(49)69-52-33-17-12-28-47(52)57-55(69)38-36-45-43-26-10-15-31-50(43)67(59(45)57)41-22-6-2-7-23-41/h1-39H. The molecule has 10 aromatic carbocycles. The minimum absolute atomic E-state index is 0.544. The number of nitrogens with zero attached hydrogens (tertiary/aromatic N) is 7. The fourth-order valence-corrected chi connectivity index (χ4v) is 11.3. The Morgan fingerprint density at radius 2 is 0.671 bits per heavy atom. The number of hydrogen-bond acceptors (Lipinski definition) is 3. The Morgan fingerprint density at radius 1 is 0.257 bits per heavy atom. The molecule has 0 saturated heterocycles. The molecular weight excluding hydrogens is 855 g/mol. The maximum absolute atomic E-state index is 5.56. The van der Waals surface area contributed by atoms with E-state index in [9.17, 15) is 0 Å². The first kappa shape index (κ1) is 38.5. The lowest BCUT2D eigenvalue weighted by Gasteiger charge is -2.15. The lowest BCUT2D eigenvalue weighted by atomic mass is 10.1. The molecule has 0 amide bonds. The van der Waals surface area contributed by atoms with Crippen molar-refractivity contribution < 1.29 is 0 Å². The van der Waals surface area contributed by atoms with Crippen LogP contribution in [0.5, 0.6) is 0 Å². The Kier molecular flexibility index (Phi) is 8.23. The highest BCUT2D eigenvalue weighted by Crippen LogP contribution is 2.45. The van der Waals surface area contributed by atoms with Crippen LogP contribution in [0, 0.1) is 0 Å². The summed E-state index contributed by atoms with van der Waals surface area (Å²) in [5.41, 5.74) is 13.9. The van der Waals surface area contributed by atoms with Gasteiger partial charge in [-0.05, 0) is 72.8 Å². The summed E-state index contributed by atoms with van der Waals surface area (Å²) >= 11 is 0. The van der Waals surface area contributed by atoms with Crippen LogP contribution in [0.1, 0.15) is 0 Å². The first-order chi connectivity index (χ1) is 34.8. The highest BCUT2D eigenvalue weighted by molar-refractivity contribution is 6.27. The van der Waals surface area contributed by atoms with Gasteiger partial charge in [-0.15, -0.1) is 0 Å². The van der Waals surface area contributed by atoms with Crippen molar-refractivity contribution in [3.63, 3.8) is 0 Å². The van der Waals surface area contributed by atoms with Crippen LogP contribution in [-0.4, -0.2) is 33.2 Å². The van der Waals surface area contributed by atoms with Crippen molar-refractivity contribution in [1.82, 2.24) is 33.2 Å². The third-order valence-electron chi connectivity index (χ3n) is 14.2. The fraction of sp³-hybridized carbons (Fsp3) is 0. The number of rotatable bonds is 6. The highest BCUT2D eigenvalue weighted by Gasteiger charge is 2.26. The summed E-state index contributed by atoms with van der Waals surface area (Å²) in [4.78, 5) is 16.3. The first-order valence-electron chi connectivity index (χ1n) is 23.7. The molecule has 15 aromatic rings. The Morgan fingerprint density at radius 3 is 1.23 bits per heavy atom. The Labute approximate surface area is 401 Å². The topological polar surface area (TPSA) is 58.4 Å². The fourth-order valence-electron chi connectivity index (χ4n) is 11.3. The van der Waals surface area contributed by atoms with Crippen LogP contribution in [0.15, 0.2) is 237 Å². The van der Waals surface area contributed by atoms with E-state index in [2.05, 4.69) is 237 Å². The van der Waals surface area contributed by atoms with E-state index in [0.29, 0.717) is 17.6 Å². The summed E-state index contributed by atoms with van der Waals surface area (Å²) in [7, 11) is 0. The third kappa shape index (κ3) is 5.48. The van der Waals surface area contributed by atoms with Gasteiger partial charge in [-0.2, -0.15) is 9.97 Å². The van der Waals surface area contributed by atoms with Gasteiger partial charge in [-0.1, -0.05) is 164 Å². The van der Waals surface area contributed by atoms with Gasteiger partial charge in [-0.25, -0.2) is 4.98 Å². The summed E-state index contributed by atoms with van der Waals surface area (Å²) in [6, 6.07) is 84.2. The molecule has 0 unspecified atom stereocenters. The van der Waals surface area contributed by atoms with Crippen molar-refractivity contribution in [1.29, 1.82) is 0 Å². The molecule has 7 nitrogen and oxygen atoms in total. The monoisotopic (exact) mass is 893 g/mol. The molecule has 0 bridgehead atoms. The van der Waals surface area contributed by atoms with Crippen molar-refractivity contribution in [3.8, 4) is 45.8 Å². The summed E-state index contributed by atoms with van der Waals surface area (Å²) in [6.45, 7) is 0. The Balaban J connectivity index is 1.02. The van der Waals surface area contributed by atoms with E-state index < -0.39 is 0 Å². The molecule has 0 aliphatic rings. The van der Waals surface area contributed by atoms with Gasteiger partial charge in [0.05, 0.1) is 49.8 Å². The zero-order valence-corrected chi connectivity index (χ0v) is 37.6. The number of aromatic nitrogens is 7. The molecule has 0 saturated carbocycles. The van der Waals surface area contributed by atoms with Crippen LogP contribution in [0.25, 0.3) is 133 Å². The summed E-state index contributed by atoms with van der Waals surface area (Å²) < 4.78 is 9.47. The molecule has 15 rings (SSSR count). The zero-order valence-electron chi connectivity index (χ0n) is 37.6. The van der Waals surface area contributed by atoms with Gasteiger partial charge < -0.3 is 13.7 Å². The smallest absolute Gasteiger partial charge is 0.238 e. The van der Waals surface area contributed by atoms with Crippen LogP contribution in [0.2, 0.25) is 0 Å². The molecule has 0 fully saturated rings. The predicted octanol–water partition coefficient (Wildman–Crippen LogP) is 15.6. The van der Waals surface area contributed by atoms with Gasteiger partial charge in [0.25, 0.3) is 0 Å². The van der Waals surface area contributed by atoms with Gasteiger partial charge in [-0.3, -0.25) is 4.57 Å². The normalized spacial score (nSPS) is 12.0. The van der Waals surface area contributed by atoms with Gasteiger partial charge >= 0.3 is 0 Å². The quantitative estimate of drug-likeness (QED) is 0.167. The van der Waals surface area contributed by atoms with Crippen LogP contribution in [0.4, 0.5) is 0 Å². The second-order valence-corrected chi connectivity index (χ2v) is 18.0. The van der Waals surface area contributed by atoms with Gasteiger partial charge in [0.2, 0.25) is 5.95 Å². The van der Waals surface area contributed by atoms with E-state index in [0.717, 1.165) is 72.1 Å². The van der Waals surface area contributed by atoms with Gasteiger partial charge in [0.15, 0.2) is 11.6 Å². The molecule has 0 aliphatic carbocycles. The van der Waals surface area contributed by atoms with E-state index in [-0.39, 0.29) is 0 Å². The largest absolute Gasteiger partial charge is 0.309 e. The lowest BCUT2D eigenvalue weighted by molar-refractivity contribution is 0.952. The molecular formula is C63H39N7. The molecule has 0 N–H and O–H groups in total. The van der Waals surface area contributed by atoms with Gasteiger partial charge in [0, 0.05) is 65.6 Å². The third-order valence-corrected chi connectivity index (χ3v) is 14.2. The van der Waals surface area contributed by atoms with Crippen molar-refractivity contribution >= 4 is 87.2 Å². The lowest BCUT2D eigenvalue weighted by Crippen LogP contribution is -2.07. The SMILES string of the molecule is c1ccc(-c2nc(-c3ccccc3-n3c4ccccc4c4c3ccc3c5ccccc5n(-c5ccccc5)c34)nc(-n3c4ccccc4c4c3ccc3c5ccccc5n(-c5ccccc5)c34)n2)cc1. The predicted molar refractivity (Wildman–Crippen MR) is 288 cm³/mol. The number of benzene rings is 10. The average Bonchev–Trinajstić information content (AvgIpc) is 4.17. The molecule has 0 spiro atoms. The number of fused-ring (bicyclic) bond motifs is 14. The van der Waals surface area contributed by atoms with E-state index in [4.69, 9.17) is 15.0 Å². The van der Waals surface area contributed by atoms with E-state index in [1.165, 1.54) is 43.4 Å². The van der Waals surface area contributed by atoms with Gasteiger partial charge in [0.1, 0.15) is 0 Å². The molecule has 0 radical (unpaired) electrons. The second-order valence-electron chi connectivity index (χ2n) is 18.0. The molecule has 7 heteroatoms. The summed E-state index contributed by atoms with van der Waals surface area (Å²) in [6.07, 6.45) is 0. The minimum atomic E-state index is 0.544. The van der Waals surface area contributed by atoms with Crippen LogP contribution < -0.4 is 0 Å². The molecule has 326 valence electrons. The summed E-state index contributed by atoms with van der Waals surface area (Å²) in [5.74, 6) is 1.72. The van der Waals surface area contributed by atoms with Crippen LogP contribution in [0.3, 0.4) is 0 Å². The Hall–Kier alpha value is -9.59. The first-order valence-corrected chi connectivity index (χ1v) is 23.7. The molecule has 70 heavy (non-hydrogen) atoms. The average molecular weight is 894 g/mol. The highest BCUT2D eigenvalue weighted by atomic mass is 15.2. The van der Waals surface area contributed by atoms with Crippen LogP contribution in [-0.2, 0) is 0 Å². The maximum Gasteiger partial charge on any atom is 0.238 e. The second kappa shape index (κ2) is 15.0. The molecule has 5 heterocycles. The molecule has 5 aromatic heterocycles. The van der Waals surface area contributed by atoms with Crippen molar-refractivity contribution in [2.45, 2.75) is 0 Å². The van der Waals surface area contributed by atoms with Crippen molar-refractivity contribution in [2.24, 2.45) is 0 Å².